The number of fused-ring (bicyclic) bond motifs is 1. The van der Waals surface area contributed by atoms with E-state index in [2.05, 4.69) is 16.0 Å². The molecule has 1 saturated carbocycles. The predicted molar refractivity (Wildman–Crippen MR) is 131 cm³/mol. The van der Waals surface area contributed by atoms with Crippen LogP contribution in [0.4, 0.5) is 25.0 Å². The molecule has 37 heavy (non-hydrogen) atoms. The molecule has 9 nitrogen and oxygen atoms in total. The van der Waals surface area contributed by atoms with Gasteiger partial charge in [-0.2, -0.15) is 5.26 Å². The highest BCUT2D eigenvalue weighted by molar-refractivity contribution is 6.00. The molecule has 4 atom stereocenters. The summed E-state index contributed by atoms with van der Waals surface area (Å²) in [5.41, 5.74) is 1.46. The molecule has 0 aromatic heterocycles. The minimum atomic E-state index is -1.16. The maximum atomic E-state index is 13.6. The number of carbonyl (C=O) groups excluding carboxylic acids is 3. The van der Waals surface area contributed by atoms with Crippen LogP contribution in [0.25, 0.3) is 0 Å². The number of rotatable bonds is 6. The fraction of sp³-hybridized carbons (Fsp3) is 0.385. The Bertz CT molecular complexity index is 1220. The highest BCUT2D eigenvalue weighted by Gasteiger charge is 2.56. The van der Waals surface area contributed by atoms with Gasteiger partial charge in [0.25, 0.3) is 5.91 Å². The molecule has 4 amide bonds. The molecule has 192 valence electrons. The molecule has 2 saturated heterocycles. The van der Waals surface area contributed by atoms with Gasteiger partial charge in [-0.05, 0) is 60.4 Å². The second-order valence-corrected chi connectivity index (χ2v) is 9.63. The van der Waals surface area contributed by atoms with Gasteiger partial charge in [0.1, 0.15) is 18.0 Å². The number of amides is 4. The number of nitrogens with zero attached hydrogens (tertiary/aromatic N) is 3. The molecule has 5 rings (SSSR count). The topological polar surface area (TPSA) is 118 Å². The lowest BCUT2D eigenvalue weighted by atomic mass is 10.1. The quantitative estimate of drug-likeness (QED) is 0.555. The van der Waals surface area contributed by atoms with Gasteiger partial charge in [-0.25, -0.2) is 13.6 Å². The molecular weight excluding hydrogens is 482 g/mol. The molecule has 1 aliphatic carbocycles. The van der Waals surface area contributed by atoms with Crippen LogP contribution in [-0.2, 0) is 4.79 Å². The monoisotopic (exact) mass is 508 g/mol. The van der Waals surface area contributed by atoms with Crippen molar-refractivity contribution in [1.82, 2.24) is 15.1 Å². The first-order chi connectivity index (χ1) is 17.8. The summed E-state index contributed by atoms with van der Waals surface area (Å²) in [7, 11) is 0. The minimum Gasteiger partial charge on any atom is -0.338 e. The summed E-state index contributed by atoms with van der Waals surface area (Å²) in [5.74, 6) is -0.260. The van der Waals surface area contributed by atoms with E-state index in [4.69, 9.17) is 5.26 Å². The van der Waals surface area contributed by atoms with Crippen molar-refractivity contribution in [3.8, 4) is 6.07 Å². The van der Waals surface area contributed by atoms with Gasteiger partial charge in [0, 0.05) is 42.5 Å². The van der Waals surface area contributed by atoms with Crippen molar-refractivity contribution in [2.75, 3.05) is 36.8 Å². The minimum absolute atomic E-state index is 0.0359. The van der Waals surface area contributed by atoms with Crippen LogP contribution < -0.4 is 16.0 Å². The number of likely N-dealkylation sites (tertiary alicyclic amines) is 2. The Labute approximate surface area is 212 Å². The van der Waals surface area contributed by atoms with Gasteiger partial charge < -0.3 is 25.8 Å². The molecule has 11 heteroatoms. The van der Waals surface area contributed by atoms with Crippen LogP contribution in [0.1, 0.15) is 16.8 Å². The number of hydrogen-bond donors (Lipinski definition) is 3. The van der Waals surface area contributed by atoms with E-state index in [1.807, 2.05) is 6.07 Å². The summed E-state index contributed by atoms with van der Waals surface area (Å²) in [6, 6.07) is 12.9. The molecule has 0 radical (unpaired) electrons. The molecule has 2 aromatic carbocycles. The van der Waals surface area contributed by atoms with Gasteiger partial charge in [0.2, 0.25) is 5.91 Å². The molecule has 3 N–H and O–H groups in total. The Hall–Kier alpha value is -4.04. The first-order valence-electron chi connectivity index (χ1n) is 12.1. The molecule has 0 spiro atoms. The maximum Gasteiger partial charge on any atom is 0.323 e. The van der Waals surface area contributed by atoms with Crippen LogP contribution in [-0.4, -0.2) is 72.1 Å². The van der Waals surface area contributed by atoms with Crippen molar-refractivity contribution < 1.29 is 23.2 Å². The highest BCUT2D eigenvalue weighted by atomic mass is 19.1. The summed E-state index contributed by atoms with van der Waals surface area (Å²) < 4.78 is 26.5. The van der Waals surface area contributed by atoms with Crippen molar-refractivity contribution >= 4 is 29.2 Å². The van der Waals surface area contributed by atoms with E-state index in [9.17, 15) is 23.2 Å². The predicted octanol–water partition coefficient (Wildman–Crippen LogP) is 2.59. The number of piperidine rings is 1. The van der Waals surface area contributed by atoms with E-state index in [1.165, 1.54) is 29.2 Å². The average Bonchev–Trinajstić information content (AvgIpc) is 3.19. The van der Waals surface area contributed by atoms with E-state index < -0.39 is 24.1 Å². The highest BCUT2D eigenvalue weighted by Crippen LogP contribution is 2.45. The van der Waals surface area contributed by atoms with E-state index in [1.54, 1.807) is 29.2 Å². The third-order valence-electron chi connectivity index (χ3n) is 7.18. The molecule has 3 aliphatic rings. The number of halogens is 2. The summed E-state index contributed by atoms with van der Waals surface area (Å²) >= 11 is 0. The third-order valence-corrected chi connectivity index (χ3v) is 7.18. The van der Waals surface area contributed by atoms with Gasteiger partial charge in [0.15, 0.2) is 0 Å². The summed E-state index contributed by atoms with van der Waals surface area (Å²) in [6.45, 7) is 1.17. The number of carbonyl (C=O) groups is 3. The number of benzene rings is 2. The second-order valence-electron chi connectivity index (χ2n) is 9.63. The van der Waals surface area contributed by atoms with Gasteiger partial charge >= 0.3 is 6.03 Å². The largest absolute Gasteiger partial charge is 0.338 e. The Morgan fingerprint density at radius 3 is 2.14 bits per heavy atom. The van der Waals surface area contributed by atoms with Gasteiger partial charge in [-0.3, -0.25) is 9.59 Å². The number of nitriles is 1. The van der Waals surface area contributed by atoms with Crippen LogP contribution in [0.15, 0.2) is 48.5 Å². The summed E-state index contributed by atoms with van der Waals surface area (Å²) in [5, 5.41) is 17.6. The molecular formula is C26H26F2N6O3. The van der Waals surface area contributed by atoms with E-state index in [0.29, 0.717) is 30.0 Å². The van der Waals surface area contributed by atoms with Gasteiger partial charge in [0.05, 0.1) is 19.2 Å². The standard InChI is InChI=1S/C26H26F2N6O3/c27-16-3-7-19(8-4-16)32-26(37)31-18-5-1-15(2-6-18)25(36)33-13-21-22(14-33)24(21)30-11-23(35)34-12-17(28)9-20(34)10-29/h1-8,17,20-22,24,30H,9,11-14H2,(H2,31,32,37)/t17-,20-,21?,22?,24?/m0/s1. The van der Waals surface area contributed by atoms with Crippen molar-refractivity contribution in [3.05, 3.63) is 59.9 Å². The molecule has 0 bridgehead atoms. The number of nitrogens with one attached hydrogen (secondary N) is 3. The lowest BCUT2D eigenvalue weighted by molar-refractivity contribution is -0.130. The van der Waals surface area contributed by atoms with E-state index in [0.717, 1.165) is 0 Å². The number of hydrogen-bond acceptors (Lipinski definition) is 5. The zero-order valence-corrected chi connectivity index (χ0v) is 19.9. The normalized spacial score (nSPS) is 25.8. The number of anilines is 2. The number of alkyl halides is 1. The van der Waals surface area contributed by atoms with Gasteiger partial charge in [-0.15, -0.1) is 0 Å². The Morgan fingerprint density at radius 2 is 1.54 bits per heavy atom. The first kappa shape index (κ1) is 24.6. The van der Waals surface area contributed by atoms with Crippen LogP contribution in [0, 0.1) is 29.0 Å². The Balaban J connectivity index is 1.06. The third kappa shape index (κ3) is 5.39. The first-order valence-corrected chi connectivity index (χ1v) is 12.1. The van der Waals surface area contributed by atoms with E-state index in [-0.39, 0.29) is 49.2 Å². The van der Waals surface area contributed by atoms with Crippen LogP contribution in [0.5, 0.6) is 0 Å². The van der Waals surface area contributed by atoms with E-state index >= 15 is 0 Å². The SMILES string of the molecule is N#C[C@@H]1C[C@H](F)CN1C(=O)CNC1C2CN(C(=O)c3ccc(NC(=O)Nc4ccc(F)cc4)cc3)CC21. The van der Waals surface area contributed by atoms with Crippen LogP contribution >= 0.6 is 0 Å². The Morgan fingerprint density at radius 1 is 0.946 bits per heavy atom. The average molecular weight is 509 g/mol. The Kier molecular flexibility index (Phi) is 6.76. The zero-order chi connectivity index (χ0) is 26.1. The summed E-state index contributed by atoms with van der Waals surface area (Å²) in [4.78, 5) is 40.5. The van der Waals surface area contributed by atoms with Crippen molar-refractivity contribution in [2.24, 2.45) is 11.8 Å². The second kappa shape index (κ2) is 10.1. The maximum absolute atomic E-state index is 13.6. The molecule has 2 unspecified atom stereocenters. The summed E-state index contributed by atoms with van der Waals surface area (Å²) in [6.07, 6.45) is -1.09. The molecule has 2 aromatic rings. The van der Waals surface area contributed by atoms with Crippen molar-refractivity contribution in [2.45, 2.75) is 24.7 Å². The molecule has 2 aliphatic heterocycles. The lowest BCUT2D eigenvalue weighted by Gasteiger charge is -2.22. The van der Waals surface area contributed by atoms with Gasteiger partial charge in [-0.1, -0.05) is 0 Å². The zero-order valence-electron chi connectivity index (χ0n) is 19.9. The van der Waals surface area contributed by atoms with Crippen LogP contribution in [0.3, 0.4) is 0 Å². The van der Waals surface area contributed by atoms with Crippen LogP contribution in [0.2, 0.25) is 0 Å². The van der Waals surface area contributed by atoms with Crippen molar-refractivity contribution in [1.29, 1.82) is 5.26 Å². The smallest absolute Gasteiger partial charge is 0.323 e. The lowest BCUT2D eigenvalue weighted by Crippen LogP contribution is -2.43. The molecule has 3 fully saturated rings. The fourth-order valence-corrected chi connectivity index (χ4v) is 5.19. The number of urea groups is 1. The molecule has 2 heterocycles. The van der Waals surface area contributed by atoms with Crippen molar-refractivity contribution in [3.63, 3.8) is 0 Å². The fourth-order valence-electron chi connectivity index (χ4n) is 5.19.